The summed E-state index contributed by atoms with van der Waals surface area (Å²) in [6.45, 7) is 8.69. The number of aromatic nitrogens is 2. The van der Waals surface area contributed by atoms with Crippen molar-refractivity contribution in [3.8, 4) is 0 Å². The first-order valence-electron chi connectivity index (χ1n) is 8.50. The molecule has 25 heavy (non-hydrogen) atoms. The zero-order valence-corrected chi connectivity index (χ0v) is 15.3. The number of amides is 1. The number of aliphatic hydroxyl groups excluding tert-OH is 1. The van der Waals surface area contributed by atoms with Crippen LogP contribution < -0.4 is 0 Å². The molecule has 0 fully saturated rings. The van der Waals surface area contributed by atoms with E-state index in [4.69, 9.17) is 4.74 Å². The quantitative estimate of drug-likeness (QED) is 0.871. The van der Waals surface area contributed by atoms with Gasteiger partial charge in [-0.05, 0) is 33.3 Å². The van der Waals surface area contributed by atoms with Crippen LogP contribution in [0, 0.1) is 0 Å². The van der Waals surface area contributed by atoms with Crippen LogP contribution in [0.2, 0.25) is 0 Å². The molecule has 2 aromatic rings. The van der Waals surface area contributed by atoms with Gasteiger partial charge in [0, 0.05) is 24.8 Å². The summed E-state index contributed by atoms with van der Waals surface area (Å²) in [5.74, 6) is 0. The lowest BCUT2D eigenvalue weighted by Crippen LogP contribution is -2.38. The highest BCUT2D eigenvalue weighted by Gasteiger charge is 2.25. The number of hydrogen-bond acceptors (Lipinski definition) is 4. The number of rotatable bonds is 6. The van der Waals surface area contributed by atoms with Crippen LogP contribution in [-0.4, -0.2) is 38.0 Å². The van der Waals surface area contributed by atoms with E-state index in [2.05, 4.69) is 5.10 Å². The van der Waals surface area contributed by atoms with Gasteiger partial charge in [-0.1, -0.05) is 30.3 Å². The topological polar surface area (TPSA) is 67.6 Å². The highest BCUT2D eigenvalue weighted by atomic mass is 16.6. The van der Waals surface area contributed by atoms with Crippen LogP contribution in [-0.2, 0) is 17.8 Å². The van der Waals surface area contributed by atoms with Gasteiger partial charge in [0.1, 0.15) is 5.60 Å². The molecule has 1 N–H and O–H groups in total. The van der Waals surface area contributed by atoms with Gasteiger partial charge in [-0.15, -0.1) is 0 Å². The number of aryl methyl sites for hydroxylation is 1. The Hall–Kier alpha value is -2.34. The lowest BCUT2D eigenvalue weighted by molar-refractivity contribution is 0.0124. The van der Waals surface area contributed by atoms with Gasteiger partial charge in [0.2, 0.25) is 0 Å². The Morgan fingerprint density at radius 1 is 1.32 bits per heavy atom. The normalized spacial score (nSPS) is 12.7. The second-order valence-electron chi connectivity index (χ2n) is 6.99. The average molecular weight is 345 g/mol. The summed E-state index contributed by atoms with van der Waals surface area (Å²) in [7, 11) is 0. The largest absolute Gasteiger partial charge is 0.444 e. The molecule has 1 heterocycles. The number of nitrogens with zero attached hydrogens (tertiary/aromatic N) is 3. The minimum absolute atomic E-state index is 0.138. The number of carbonyl (C=O) groups excluding carboxylic acids is 1. The fraction of sp³-hybridized carbons (Fsp3) is 0.474. The summed E-state index contributed by atoms with van der Waals surface area (Å²) in [6, 6.07) is 9.65. The number of aliphatic hydroxyl groups is 1. The van der Waals surface area contributed by atoms with E-state index < -0.39 is 17.8 Å². The Labute approximate surface area is 149 Å². The Kier molecular flexibility index (Phi) is 6.20. The molecule has 0 saturated heterocycles. The third-order valence-electron chi connectivity index (χ3n) is 3.62. The van der Waals surface area contributed by atoms with Crippen LogP contribution in [0.5, 0.6) is 0 Å². The van der Waals surface area contributed by atoms with Crippen LogP contribution in [0.3, 0.4) is 0 Å². The van der Waals surface area contributed by atoms with Crippen LogP contribution in [0.25, 0.3) is 0 Å². The van der Waals surface area contributed by atoms with Gasteiger partial charge in [-0.3, -0.25) is 4.68 Å². The summed E-state index contributed by atoms with van der Waals surface area (Å²) < 4.78 is 7.23. The number of hydrogen-bond donors (Lipinski definition) is 1. The van der Waals surface area contributed by atoms with Crippen molar-refractivity contribution in [3.05, 3.63) is 53.9 Å². The highest BCUT2D eigenvalue weighted by Crippen LogP contribution is 2.18. The van der Waals surface area contributed by atoms with Gasteiger partial charge in [0.05, 0.1) is 18.8 Å². The Morgan fingerprint density at radius 2 is 2.00 bits per heavy atom. The van der Waals surface area contributed by atoms with Crippen LogP contribution in [0.1, 0.15) is 44.9 Å². The molecule has 6 nitrogen and oxygen atoms in total. The van der Waals surface area contributed by atoms with E-state index in [9.17, 15) is 9.90 Å². The van der Waals surface area contributed by atoms with Crippen LogP contribution >= 0.6 is 0 Å². The van der Waals surface area contributed by atoms with Gasteiger partial charge in [0.15, 0.2) is 0 Å². The smallest absolute Gasteiger partial charge is 0.410 e. The zero-order chi connectivity index (χ0) is 18.4. The van der Waals surface area contributed by atoms with Crippen molar-refractivity contribution in [2.75, 3.05) is 6.54 Å². The Morgan fingerprint density at radius 3 is 2.56 bits per heavy atom. The lowest BCUT2D eigenvalue weighted by atomic mass is 10.1. The molecule has 0 aliphatic heterocycles. The van der Waals surface area contributed by atoms with Crippen molar-refractivity contribution in [2.45, 2.75) is 52.5 Å². The summed E-state index contributed by atoms with van der Waals surface area (Å²) in [5, 5.41) is 14.7. The monoisotopic (exact) mass is 345 g/mol. The molecule has 0 radical (unpaired) electrons. The maximum Gasteiger partial charge on any atom is 0.410 e. The van der Waals surface area contributed by atoms with Crippen molar-refractivity contribution in [2.24, 2.45) is 0 Å². The molecule has 0 bridgehead atoms. The number of ether oxygens (including phenoxy) is 1. The first-order valence-corrected chi connectivity index (χ1v) is 8.50. The molecule has 1 amide bonds. The first-order chi connectivity index (χ1) is 11.8. The van der Waals surface area contributed by atoms with Crippen molar-refractivity contribution >= 4 is 6.09 Å². The molecule has 6 heteroatoms. The number of carbonyl (C=O) groups is 1. The molecule has 2 rings (SSSR count). The van der Waals surface area contributed by atoms with E-state index in [0.717, 1.165) is 12.1 Å². The second kappa shape index (κ2) is 8.16. The van der Waals surface area contributed by atoms with E-state index in [1.807, 2.05) is 58.0 Å². The van der Waals surface area contributed by atoms with Crippen molar-refractivity contribution in [1.29, 1.82) is 0 Å². The van der Waals surface area contributed by atoms with E-state index in [-0.39, 0.29) is 6.54 Å². The van der Waals surface area contributed by atoms with E-state index in [1.54, 1.807) is 17.1 Å². The van der Waals surface area contributed by atoms with Crippen molar-refractivity contribution in [1.82, 2.24) is 14.7 Å². The fourth-order valence-electron chi connectivity index (χ4n) is 2.37. The second-order valence-corrected chi connectivity index (χ2v) is 6.99. The zero-order valence-electron chi connectivity index (χ0n) is 15.3. The molecule has 136 valence electrons. The third-order valence-corrected chi connectivity index (χ3v) is 3.62. The van der Waals surface area contributed by atoms with Gasteiger partial charge >= 0.3 is 6.09 Å². The Bertz CT molecular complexity index is 677. The maximum absolute atomic E-state index is 12.6. The highest BCUT2D eigenvalue weighted by molar-refractivity contribution is 5.68. The third kappa shape index (κ3) is 5.90. The summed E-state index contributed by atoms with van der Waals surface area (Å²) in [5.41, 5.74) is 1.07. The van der Waals surface area contributed by atoms with Crippen LogP contribution in [0.15, 0.2) is 42.7 Å². The molecular weight excluding hydrogens is 318 g/mol. The molecule has 0 saturated carbocycles. The first kappa shape index (κ1) is 19.0. The minimum Gasteiger partial charge on any atom is -0.444 e. The predicted octanol–water partition coefficient (Wildman–Crippen LogP) is 3.37. The molecule has 1 aromatic heterocycles. The van der Waals surface area contributed by atoms with Crippen molar-refractivity contribution in [3.63, 3.8) is 0 Å². The number of benzene rings is 1. The SMILES string of the molecule is CCn1cc(C(O)CN(Cc2ccccc2)C(=O)OC(C)(C)C)cn1. The molecule has 0 aliphatic carbocycles. The molecule has 0 spiro atoms. The van der Waals surface area contributed by atoms with Crippen LogP contribution in [0.4, 0.5) is 4.79 Å². The summed E-state index contributed by atoms with van der Waals surface area (Å²) in [6.07, 6.45) is 2.15. The Balaban J connectivity index is 2.13. The van der Waals surface area contributed by atoms with E-state index in [1.165, 1.54) is 4.90 Å². The van der Waals surface area contributed by atoms with Crippen molar-refractivity contribution < 1.29 is 14.6 Å². The molecule has 1 unspecified atom stereocenters. The van der Waals surface area contributed by atoms with Gasteiger partial charge < -0.3 is 14.7 Å². The molecule has 0 aliphatic rings. The maximum atomic E-state index is 12.6. The van der Waals surface area contributed by atoms with E-state index >= 15 is 0 Å². The summed E-state index contributed by atoms with van der Waals surface area (Å²) in [4.78, 5) is 14.1. The molecule has 1 atom stereocenters. The van der Waals surface area contributed by atoms with Gasteiger partial charge in [0.25, 0.3) is 0 Å². The summed E-state index contributed by atoms with van der Waals surface area (Å²) >= 11 is 0. The standard InChI is InChI=1S/C19H27N3O3/c1-5-22-13-16(11-20-22)17(23)14-21(18(24)25-19(2,3)4)12-15-9-7-6-8-10-15/h6-11,13,17,23H,5,12,14H2,1-4H3. The van der Waals surface area contributed by atoms with Gasteiger partial charge in [-0.25, -0.2) is 4.79 Å². The predicted molar refractivity (Wildman–Crippen MR) is 95.9 cm³/mol. The van der Waals surface area contributed by atoms with Gasteiger partial charge in [-0.2, -0.15) is 5.10 Å². The van der Waals surface area contributed by atoms with E-state index in [0.29, 0.717) is 12.1 Å². The minimum atomic E-state index is -0.823. The molecular formula is C19H27N3O3. The average Bonchev–Trinajstić information content (AvgIpc) is 3.03. The lowest BCUT2D eigenvalue weighted by Gasteiger charge is -2.28. The molecule has 1 aromatic carbocycles. The fourth-order valence-corrected chi connectivity index (χ4v) is 2.37.